The Bertz CT molecular complexity index is 832. The maximum absolute atomic E-state index is 13.1. The molecule has 2 bridgehead atoms. The molecule has 1 fully saturated rings. The van der Waals surface area contributed by atoms with Crippen molar-refractivity contribution in [2.75, 3.05) is 11.9 Å². The lowest BCUT2D eigenvalue weighted by molar-refractivity contribution is 0.184. The van der Waals surface area contributed by atoms with Gasteiger partial charge in [0.15, 0.2) is 0 Å². The van der Waals surface area contributed by atoms with Crippen molar-refractivity contribution in [2.24, 2.45) is 0 Å². The van der Waals surface area contributed by atoms with E-state index in [9.17, 15) is 4.79 Å². The Labute approximate surface area is 159 Å². The van der Waals surface area contributed by atoms with Crippen LogP contribution in [-0.4, -0.2) is 44.4 Å². The molecule has 3 heterocycles. The van der Waals surface area contributed by atoms with E-state index in [0.29, 0.717) is 18.3 Å². The molecule has 144 valence electrons. The number of carbonyl (C=O) groups excluding carboxylic acids is 1. The van der Waals surface area contributed by atoms with Crippen LogP contribution in [0.4, 0.5) is 10.5 Å². The first kappa shape index (κ1) is 17.8. The number of urea groups is 1. The van der Waals surface area contributed by atoms with Crippen LogP contribution in [0.1, 0.15) is 51.2 Å². The fourth-order valence-electron chi connectivity index (χ4n) is 4.25. The van der Waals surface area contributed by atoms with Crippen molar-refractivity contribution in [3.05, 3.63) is 35.9 Å². The Morgan fingerprint density at radius 1 is 1.26 bits per heavy atom. The van der Waals surface area contributed by atoms with Crippen LogP contribution in [0.15, 0.2) is 24.3 Å². The molecular weight excluding hydrogens is 342 g/mol. The first-order chi connectivity index (χ1) is 13.1. The highest BCUT2D eigenvalue weighted by Gasteiger charge is 2.41. The average molecular weight is 369 g/mol. The standard InChI is InChI=1S/C20H27N5O2/c1-4-27-17-8-6-5-7-16(17)21-20(26)25-14-9-10-15(25)12-24-18(11-14)22-23-19(24)13(2)3/h5-8,13-15H,4,9-12H2,1-3H3,(H,21,26). The molecule has 4 rings (SSSR count). The molecule has 1 aromatic carbocycles. The van der Waals surface area contributed by atoms with Gasteiger partial charge in [0.2, 0.25) is 0 Å². The highest BCUT2D eigenvalue weighted by Crippen LogP contribution is 2.33. The summed E-state index contributed by atoms with van der Waals surface area (Å²) in [7, 11) is 0. The Kier molecular flexibility index (Phi) is 4.76. The van der Waals surface area contributed by atoms with Crippen LogP contribution in [0, 0.1) is 0 Å². The Balaban J connectivity index is 1.56. The highest BCUT2D eigenvalue weighted by molar-refractivity contribution is 5.91. The second-order valence-electron chi connectivity index (χ2n) is 7.60. The maximum Gasteiger partial charge on any atom is 0.322 e. The van der Waals surface area contributed by atoms with Crippen LogP contribution < -0.4 is 10.1 Å². The molecule has 2 aromatic rings. The molecule has 2 atom stereocenters. The molecule has 1 aromatic heterocycles. The average Bonchev–Trinajstić information content (AvgIpc) is 3.16. The van der Waals surface area contributed by atoms with Crippen LogP contribution in [0.25, 0.3) is 0 Å². The summed E-state index contributed by atoms with van der Waals surface area (Å²) < 4.78 is 7.87. The van der Waals surface area contributed by atoms with Gasteiger partial charge in [-0.3, -0.25) is 0 Å². The van der Waals surface area contributed by atoms with Crippen molar-refractivity contribution in [3.8, 4) is 5.75 Å². The summed E-state index contributed by atoms with van der Waals surface area (Å²) in [4.78, 5) is 15.2. The number of hydrogen-bond acceptors (Lipinski definition) is 4. The van der Waals surface area contributed by atoms with Gasteiger partial charge in [-0.15, -0.1) is 10.2 Å². The molecule has 7 nitrogen and oxygen atoms in total. The lowest BCUT2D eigenvalue weighted by Gasteiger charge is -2.28. The molecule has 0 saturated carbocycles. The summed E-state index contributed by atoms with van der Waals surface area (Å²) in [5.74, 6) is 3.04. The minimum Gasteiger partial charge on any atom is -0.492 e. The molecule has 2 aliphatic heterocycles. The van der Waals surface area contributed by atoms with E-state index in [1.807, 2.05) is 36.1 Å². The van der Waals surface area contributed by atoms with E-state index in [-0.39, 0.29) is 18.1 Å². The number of benzene rings is 1. The van der Waals surface area contributed by atoms with Gasteiger partial charge < -0.3 is 19.5 Å². The molecule has 1 N–H and O–H groups in total. The second-order valence-corrected chi connectivity index (χ2v) is 7.60. The van der Waals surface area contributed by atoms with E-state index in [1.165, 1.54) is 0 Å². The minimum atomic E-state index is -0.0561. The van der Waals surface area contributed by atoms with E-state index in [1.54, 1.807) is 0 Å². The largest absolute Gasteiger partial charge is 0.492 e. The number of nitrogens with one attached hydrogen (secondary N) is 1. The number of carbonyl (C=O) groups is 1. The summed E-state index contributed by atoms with van der Waals surface area (Å²) >= 11 is 0. The lowest BCUT2D eigenvalue weighted by atomic mass is 10.1. The molecule has 0 aliphatic carbocycles. The molecule has 0 spiro atoms. The summed E-state index contributed by atoms with van der Waals surface area (Å²) in [6.07, 6.45) is 2.78. The fourth-order valence-corrected chi connectivity index (χ4v) is 4.25. The van der Waals surface area contributed by atoms with Gasteiger partial charge in [0.1, 0.15) is 17.4 Å². The number of para-hydroxylation sites is 2. The quantitative estimate of drug-likeness (QED) is 0.896. The zero-order valence-electron chi connectivity index (χ0n) is 16.2. The molecule has 2 aliphatic rings. The fraction of sp³-hybridized carbons (Fsp3) is 0.550. The highest BCUT2D eigenvalue weighted by atomic mass is 16.5. The first-order valence-corrected chi connectivity index (χ1v) is 9.81. The normalized spacial score (nSPS) is 21.1. The van der Waals surface area contributed by atoms with Crippen molar-refractivity contribution in [2.45, 2.75) is 64.6 Å². The van der Waals surface area contributed by atoms with Crippen molar-refractivity contribution in [1.82, 2.24) is 19.7 Å². The number of aromatic nitrogens is 3. The van der Waals surface area contributed by atoms with Gasteiger partial charge in [0.25, 0.3) is 0 Å². The van der Waals surface area contributed by atoms with Gasteiger partial charge in [-0.1, -0.05) is 26.0 Å². The smallest absolute Gasteiger partial charge is 0.322 e. The van der Waals surface area contributed by atoms with Crippen molar-refractivity contribution in [1.29, 1.82) is 0 Å². The van der Waals surface area contributed by atoms with Gasteiger partial charge >= 0.3 is 6.03 Å². The third-order valence-electron chi connectivity index (χ3n) is 5.47. The van der Waals surface area contributed by atoms with Crippen LogP contribution in [0.5, 0.6) is 5.75 Å². The van der Waals surface area contributed by atoms with Gasteiger partial charge in [0, 0.05) is 24.9 Å². The molecular formula is C20H27N5O2. The Morgan fingerprint density at radius 3 is 2.81 bits per heavy atom. The van der Waals surface area contributed by atoms with Gasteiger partial charge in [-0.25, -0.2) is 4.79 Å². The molecule has 2 unspecified atom stereocenters. The predicted octanol–water partition coefficient (Wildman–Crippen LogP) is 3.42. The monoisotopic (exact) mass is 369 g/mol. The molecule has 0 radical (unpaired) electrons. The molecule has 27 heavy (non-hydrogen) atoms. The van der Waals surface area contributed by atoms with Crippen molar-refractivity contribution < 1.29 is 9.53 Å². The summed E-state index contributed by atoms with van der Waals surface area (Å²) in [6, 6.07) is 7.87. The van der Waals surface area contributed by atoms with Gasteiger partial charge in [-0.05, 0) is 31.9 Å². The molecule has 1 saturated heterocycles. The van der Waals surface area contributed by atoms with Gasteiger partial charge in [0.05, 0.1) is 18.3 Å². The maximum atomic E-state index is 13.1. The van der Waals surface area contributed by atoms with Crippen molar-refractivity contribution in [3.63, 3.8) is 0 Å². The number of rotatable bonds is 4. The summed E-state index contributed by atoms with van der Waals surface area (Å²) in [5.41, 5.74) is 0.718. The SMILES string of the molecule is CCOc1ccccc1NC(=O)N1C2CCC1Cn1c(nnc1C(C)C)C2. The second kappa shape index (κ2) is 7.21. The van der Waals surface area contributed by atoms with Crippen LogP contribution in [0.2, 0.25) is 0 Å². The van der Waals surface area contributed by atoms with E-state index in [4.69, 9.17) is 4.74 Å². The van der Waals surface area contributed by atoms with Gasteiger partial charge in [-0.2, -0.15) is 0 Å². The number of amides is 2. The summed E-state index contributed by atoms with van der Waals surface area (Å²) in [6.45, 7) is 7.54. The number of nitrogens with zero attached hydrogens (tertiary/aromatic N) is 4. The van der Waals surface area contributed by atoms with Crippen LogP contribution in [-0.2, 0) is 13.0 Å². The topological polar surface area (TPSA) is 72.3 Å². The van der Waals surface area contributed by atoms with E-state index in [2.05, 4.69) is 33.9 Å². The van der Waals surface area contributed by atoms with E-state index < -0.39 is 0 Å². The van der Waals surface area contributed by atoms with E-state index in [0.717, 1.165) is 43.1 Å². The Morgan fingerprint density at radius 2 is 2.04 bits per heavy atom. The third kappa shape index (κ3) is 3.26. The zero-order valence-corrected chi connectivity index (χ0v) is 16.2. The number of hydrogen-bond donors (Lipinski definition) is 1. The number of anilines is 1. The predicted molar refractivity (Wildman–Crippen MR) is 103 cm³/mol. The zero-order chi connectivity index (χ0) is 19.0. The summed E-state index contributed by atoms with van der Waals surface area (Å²) in [5, 5.41) is 11.9. The minimum absolute atomic E-state index is 0.0561. The van der Waals surface area contributed by atoms with Crippen LogP contribution >= 0.6 is 0 Å². The third-order valence-corrected chi connectivity index (χ3v) is 5.47. The van der Waals surface area contributed by atoms with Crippen LogP contribution in [0.3, 0.4) is 0 Å². The number of fused-ring (bicyclic) bond motifs is 3. The lowest BCUT2D eigenvalue weighted by Crippen LogP contribution is -2.44. The molecule has 7 heteroatoms. The van der Waals surface area contributed by atoms with Crippen molar-refractivity contribution >= 4 is 11.7 Å². The number of ether oxygens (including phenoxy) is 1. The first-order valence-electron chi connectivity index (χ1n) is 9.81. The van der Waals surface area contributed by atoms with E-state index >= 15 is 0 Å². The molecule has 2 amide bonds. The Hall–Kier alpha value is -2.57.